The molecule has 1 aromatic heterocycles. The average Bonchev–Trinajstić information content (AvgIpc) is 2.92. The summed E-state index contributed by atoms with van der Waals surface area (Å²) >= 11 is 0. The lowest BCUT2D eigenvalue weighted by Crippen LogP contribution is -2.50. The highest BCUT2D eigenvalue weighted by Crippen LogP contribution is 2.34. The number of alkyl halides is 3. The van der Waals surface area contributed by atoms with Crippen molar-refractivity contribution in [3.63, 3.8) is 0 Å². The van der Waals surface area contributed by atoms with Crippen molar-refractivity contribution in [3.8, 4) is 11.4 Å². The van der Waals surface area contributed by atoms with Gasteiger partial charge in [0.1, 0.15) is 11.4 Å². The van der Waals surface area contributed by atoms with E-state index in [1.165, 1.54) is 4.90 Å². The fourth-order valence-corrected chi connectivity index (χ4v) is 2.51. The molecule has 0 saturated carbocycles. The fourth-order valence-electron chi connectivity index (χ4n) is 2.51. The maximum Gasteiger partial charge on any atom is 0.419 e. The van der Waals surface area contributed by atoms with E-state index in [0.29, 0.717) is 25.2 Å². The number of amides is 1. The fraction of sp³-hybridized carbons (Fsp3) is 0.471. The number of hydrogen-bond acceptors (Lipinski definition) is 5. The van der Waals surface area contributed by atoms with Gasteiger partial charge < -0.3 is 14.2 Å². The van der Waals surface area contributed by atoms with E-state index < -0.39 is 29.3 Å². The Morgan fingerprint density at radius 2 is 1.93 bits per heavy atom. The molecule has 0 atom stereocenters. The molecule has 1 saturated heterocycles. The van der Waals surface area contributed by atoms with E-state index in [4.69, 9.17) is 9.26 Å². The molecule has 1 aliphatic heterocycles. The lowest BCUT2D eigenvalue weighted by atomic mass is 10.0. The Labute approximate surface area is 152 Å². The number of hydrogen-bond donors (Lipinski definition) is 0. The quantitative estimate of drug-likeness (QED) is 0.722. The standard InChI is InChI=1S/C17H17F4N3O3/c1-16(2,3)26-15(25)24-7-10(8-24)14-22-13(23-27-14)9-4-5-12(18)11(6-9)17(19,20)21/h4-6,10H,7-8H2,1-3H3. The highest BCUT2D eigenvalue weighted by Gasteiger charge is 2.38. The normalized spacial score (nSPS) is 15.6. The van der Waals surface area contributed by atoms with Crippen LogP contribution in [-0.2, 0) is 10.9 Å². The molecule has 1 aliphatic rings. The summed E-state index contributed by atoms with van der Waals surface area (Å²) in [7, 11) is 0. The zero-order chi connectivity index (χ0) is 20.0. The molecule has 0 aliphatic carbocycles. The van der Waals surface area contributed by atoms with E-state index in [-0.39, 0.29) is 23.2 Å². The maximum atomic E-state index is 13.4. The van der Waals surface area contributed by atoms with Crippen molar-refractivity contribution in [1.29, 1.82) is 0 Å². The highest BCUT2D eigenvalue weighted by molar-refractivity contribution is 5.69. The minimum absolute atomic E-state index is 0.0120. The van der Waals surface area contributed by atoms with Gasteiger partial charge in [0, 0.05) is 18.7 Å². The third-order valence-electron chi connectivity index (χ3n) is 3.85. The van der Waals surface area contributed by atoms with Gasteiger partial charge in [-0.3, -0.25) is 0 Å². The van der Waals surface area contributed by atoms with Gasteiger partial charge in [-0.1, -0.05) is 5.16 Å². The summed E-state index contributed by atoms with van der Waals surface area (Å²) in [6.45, 7) is 5.86. The zero-order valence-electron chi connectivity index (χ0n) is 14.8. The van der Waals surface area contributed by atoms with Crippen molar-refractivity contribution in [1.82, 2.24) is 15.0 Å². The van der Waals surface area contributed by atoms with Gasteiger partial charge in [0.25, 0.3) is 0 Å². The molecule has 0 bridgehead atoms. The number of benzene rings is 1. The van der Waals surface area contributed by atoms with Crippen LogP contribution >= 0.6 is 0 Å². The van der Waals surface area contributed by atoms with Crippen LogP contribution in [0.4, 0.5) is 22.4 Å². The lowest BCUT2D eigenvalue weighted by molar-refractivity contribution is -0.139. The third-order valence-corrected chi connectivity index (χ3v) is 3.85. The van der Waals surface area contributed by atoms with Crippen LogP contribution in [0, 0.1) is 5.82 Å². The average molecular weight is 387 g/mol. The SMILES string of the molecule is CC(C)(C)OC(=O)N1CC(c2nc(-c3ccc(F)c(C(F)(F)F)c3)no2)C1. The Hall–Kier alpha value is -2.65. The van der Waals surface area contributed by atoms with Gasteiger partial charge in [0.05, 0.1) is 11.5 Å². The second-order valence-electron chi connectivity index (χ2n) is 7.23. The van der Waals surface area contributed by atoms with Crippen molar-refractivity contribution in [2.45, 2.75) is 38.5 Å². The summed E-state index contributed by atoms with van der Waals surface area (Å²) in [5, 5.41) is 3.66. The number of rotatable bonds is 2. The summed E-state index contributed by atoms with van der Waals surface area (Å²) in [6, 6.07) is 2.49. The van der Waals surface area contributed by atoms with Gasteiger partial charge in [-0.15, -0.1) is 0 Å². The van der Waals surface area contributed by atoms with Gasteiger partial charge in [-0.25, -0.2) is 9.18 Å². The summed E-state index contributed by atoms with van der Waals surface area (Å²) in [4.78, 5) is 17.4. The van der Waals surface area contributed by atoms with Crippen LogP contribution in [0.25, 0.3) is 11.4 Å². The van der Waals surface area contributed by atoms with E-state index in [1.807, 2.05) is 0 Å². The van der Waals surface area contributed by atoms with Crippen LogP contribution in [0.2, 0.25) is 0 Å². The predicted molar refractivity (Wildman–Crippen MR) is 85.2 cm³/mol. The predicted octanol–water partition coefficient (Wildman–Crippen LogP) is 4.23. The molecule has 0 N–H and O–H groups in total. The van der Waals surface area contributed by atoms with Crippen LogP contribution in [0.5, 0.6) is 0 Å². The smallest absolute Gasteiger partial charge is 0.419 e. The molecule has 2 heterocycles. The first kappa shape index (κ1) is 19.1. The van der Waals surface area contributed by atoms with Crippen LogP contribution in [0.1, 0.15) is 38.1 Å². The van der Waals surface area contributed by atoms with E-state index in [2.05, 4.69) is 10.1 Å². The van der Waals surface area contributed by atoms with Crippen LogP contribution in [-0.4, -0.2) is 39.8 Å². The van der Waals surface area contributed by atoms with Gasteiger partial charge in [-0.2, -0.15) is 18.2 Å². The molecule has 0 spiro atoms. The number of nitrogens with zero attached hydrogens (tertiary/aromatic N) is 3. The summed E-state index contributed by atoms with van der Waals surface area (Å²) in [6.07, 6.45) is -5.29. The Kier molecular flexibility index (Phi) is 4.61. The second-order valence-corrected chi connectivity index (χ2v) is 7.23. The molecule has 10 heteroatoms. The number of carbonyl (C=O) groups is 1. The number of carbonyl (C=O) groups excluding carboxylic acids is 1. The molecule has 1 aromatic carbocycles. The molecular weight excluding hydrogens is 370 g/mol. The first-order chi connectivity index (χ1) is 12.4. The molecule has 2 aromatic rings. The largest absolute Gasteiger partial charge is 0.444 e. The first-order valence-corrected chi connectivity index (χ1v) is 8.13. The molecule has 6 nitrogen and oxygen atoms in total. The summed E-state index contributed by atoms with van der Waals surface area (Å²) in [5.74, 6) is -1.49. The van der Waals surface area contributed by atoms with Crippen molar-refractivity contribution in [2.24, 2.45) is 0 Å². The van der Waals surface area contributed by atoms with E-state index in [9.17, 15) is 22.4 Å². The first-order valence-electron chi connectivity index (χ1n) is 8.13. The van der Waals surface area contributed by atoms with Gasteiger partial charge in [0.2, 0.25) is 11.7 Å². The van der Waals surface area contributed by atoms with E-state index in [0.717, 1.165) is 6.07 Å². The minimum Gasteiger partial charge on any atom is -0.444 e. The Morgan fingerprint density at radius 1 is 1.26 bits per heavy atom. The number of aromatic nitrogens is 2. The minimum atomic E-state index is -4.82. The van der Waals surface area contributed by atoms with Crippen molar-refractivity contribution < 1.29 is 31.6 Å². The maximum absolute atomic E-state index is 13.4. The van der Waals surface area contributed by atoms with Crippen LogP contribution in [0.3, 0.4) is 0 Å². The third kappa shape index (κ3) is 4.20. The van der Waals surface area contributed by atoms with Crippen molar-refractivity contribution in [3.05, 3.63) is 35.5 Å². The van der Waals surface area contributed by atoms with Crippen molar-refractivity contribution >= 4 is 6.09 Å². The number of likely N-dealkylation sites (tertiary alicyclic amines) is 1. The molecule has 0 unspecified atom stereocenters. The zero-order valence-corrected chi connectivity index (χ0v) is 14.8. The molecule has 27 heavy (non-hydrogen) atoms. The number of ether oxygens (including phenoxy) is 1. The molecular formula is C17H17F4N3O3. The Balaban J connectivity index is 1.70. The molecule has 1 fully saturated rings. The Morgan fingerprint density at radius 3 is 2.52 bits per heavy atom. The Bertz CT molecular complexity index is 852. The molecule has 3 rings (SSSR count). The lowest BCUT2D eigenvalue weighted by Gasteiger charge is -2.37. The highest BCUT2D eigenvalue weighted by atomic mass is 19.4. The van der Waals surface area contributed by atoms with Gasteiger partial charge >= 0.3 is 12.3 Å². The van der Waals surface area contributed by atoms with E-state index in [1.54, 1.807) is 20.8 Å². The molecule has 0 radical (unpaired) electrons. The van der Waals surface area contributed by atoms with Crippen molar-refractivity contribution in [2.75, 3.05) is 13.1 Å². The van der Waals surface area contributed by atoms with Gasteiger partial charge in [0.15, 0.2) is 0 Å². The monoisotopic (exact) mass is 387 g/mol. The molecule has 1 amide bonds. The van der Waals surface area contributed by atoms with E-state index >= 15 is 0 Å². The molecule has 146 valence electrons. The second kappa shape index (κ2) is 6.50. The van der Waals surface area contributed by atoms with Gasteiger partial charge in [-0.05, 0) is 39.0 Å². The number of halogens is 4. The summed E-state index contributed by atoms with van der Waals surface area (Å²) in [5.41, 5.74) is -2.02. The van der Waals surface area contributed by atoms with Crippen LogP contribution < -0.4 is 0 Å². The summed E-state index contributed by atoms with van der Waals surface area (Å²) < 4.78 is 62.2. The van der Waals surface area contributed by atoms with Crippen LogP contribution in [0.15, 0.2) is 22.7 Å². The topological polar surface area (TPSA) is 68.5 Å².